The monoisotopic (exact) mass is 520 g/mol. The van der Waals surface area contributed by atoms with E-state index in [0.29, 0.717) is 0 Å². The Morgan fingerprint density at radius 2 is 1.00 bits per heavy atom. The molecule has 7 rings (SSSR count). The van der Waals surface area contributed by atoms with Gasteiger partial charge in [0.1, 0.15) is 0 Å². The minimum absolute atomic E-state index is 0.272. The summed E-state index contributed by atoms with van der Waals surface area (Å²) in [5.41, 5.74) is 7.53. The summed E-state index contributed by atoms with van der Waals surface area (Å²) < 4.78 is 2.27. The summed E-state index contributed by atoms with van der Waals surface area (Å²) >= 11 is 7.22. The fourth-order valence-corrected chi connectivity index (χ4v) is 7.27. The molecule has 2 atom stereocenters. The van der Waals surface area contributed by atoms with Crippen LogP contribution in [-0.2, 0) is 0 Å². The molecule has 0 amide bonds. The lowest BCUT2D eigenvalue weighted by atomic mass is 9.67. The van der Waals surface area contributed by atoms with Gasteiger partial charge in [-0.05, 0) is 108 Å². The highest BCUT2D eigenvalue weighted by molar-refractivity contribution is 9.10. The van der Waals surface area contributed by atoms with Gasteiger partial charge in [-0.1, -0.05) is 74.3 Å². The van der Waals surface area contributed by atoms with E-state index in [-0.39, 0.29) is 5.92 Å². The van der Waals surface area contributed by atoms with Gasteiger partial charge in [0.15, 0.2) is 0 Å². The standard InChI is InChI=1S/C28H26Br2/c29-24-6-1-19(2-7-24)28(20-3-8-25(30)9-4-20)21-5-10-26-22-12-17-11-18(13-22)15-23(14-17)27(26)16-21/h1-10,16-18,22-23,28H,11-15H2. The molecule has 3 aromatic rings. The molecule has 0 radical (unpaired) electrons. The first-order valence-electron chi connectivity index (χ1n) is 11.3. The van der Waals surface area contributed by atoms with Crippen molar-refractivity contribution in [3.63, 3.8) is 0 Å². The summed E-state index contributed by atoms with van der Waals surface area (Å²) in [5, 5.41) is 0. The third-order valence-corrected chi connectivity index (χ3v) is 8.93. The molecule has 4 aliphatic carbocycles. The zero-order valence-corrected chi connectivity index (χ0v) is 20.2. The van der Waals surface area contributed by atoms with E-state index < -0.39 is 0 Å². The SMILES string of the molecule is Brc1ccc(C(c2ccc(Br)cc2)c2ccc3c(c2)C2CC4CC(CC3C4)C2)cc1. The summed E-state index contributed by atoms with van der Waals surface area (Å²) in [7, 11) is 0. The van der Waals surface area contributed by atoms with Crippen molar-refractivity contribution in [1.82, 2.24) is 0 Å². The average Bonchev–Trinajstić information content (AvgIpc) is 2.92. The first kappa shape index (κ1) is 19.3. The molecule has 4 aliphatic rings. The van der Waals surface area contributed by atoms with E-state index in [9.17, 15) is 0 Å². The Hall–Kier alpha value is -1.38. The quantitative estimate of drug-likeness (QED) is 0.302. The van der Waals surface area contributed by atoms with Crippen LogP contribution in [0.25, 0.3) is 0 Å². The average molecular weight is 522 g/mol. The Kier molecular flexibility index (Phi) is 4.92. The Bertz CT molecular complexity index is 1010. The van der Waals surface area contributed by atoms with Gasteiger partial charge in [-0.25, -0.2) is 0 Å². The van der Waals surface area contributed by atoms with Crippen molar-refractivity contribution in [2.45, 2.75) is 49.9 Å². The molecule has 0 aromatic heterocycles. The molecule has 2 saturated carbocycles. The zero-order chi connectivity index (χ0) is 20.2. The number of hydrogen-bond acceptors (Lipinski definition) is 0. The highest BCUT2D eigenvalue weighted by Gasteiger charge is 2.42. The topological polar surface area (TPSA) is 0 Å². The second kappa shape index (κ2) is 7.64. The molecule has 3 aromatic carbocycles. The first-order valence-corrected chi connectivity index (χ1v) is 12.9. The molecule has 152 valence electrons. The molecular weight excluding hydrogens is 496 g/mol. The van der Waals surface area contributed by atoms with Gasteiger partial charge in [-0.15, -0.1) is 0 Å². The van der Waals surface area contributed by atoms with Crippen LogP contribution in [0, 0.1) is 11.8 Å². The fourth-order valence-electron chi connectivity index (χ4n) is 6.74. The lowest BCUT2D eigenvalue weighted by molar-refractivity contribution is 0.166. The first-order chi connectivity index (χ1) is 14.6. The smallest absolute Gasteiger partial charge is 0.0340 e. The van der Waals surface area contributed by atoms with Gasteiger partial charge in [-0.3, -0.25) is 0 Å². The summed E-state index contributed by atoms with van der Waals surface area (Å²) in [4.78, 5) is 0. The normalized spacial score (nSPS) is 26.6. The van der Waals surface area contributed by atoms with Crippen molar-refractivity contribution < 1.29 is 0 Å². The van der Waals surface area contributed by atoms with E-state index >= 15 is 0 Å². The van der Waals surface area contributed by atoms with E-state index in [2.05, 4.69) is 98.6 Å². The van der Waals surface area contributed by atoms with Crippen LogP contribution >= 0.6 is 31.9 Å². The maximum atomic E-state index is 3.61. The van der Waals surface area contributed by atoms with E-state index in [1.807, 2.05) is 0 Å². The third kappa shape index (κ3) is 3.41. The van der Waals surface area contributed by atoms with Crippen molar-refractivity contribution in [3.05, 3.63) is 103 Å². The van der Waals surface area contributed by atoms with Crippen LogP contribution in [0.2, 0.25) is 0 Å². The zero-order valence-electron chi connectivity index (χ0n) is 17.0. The number of rotatable bonds is 3. The van der Waals surface area contributed by atoms with E-state index in [4.69, 9.17) is 0 Å². The predicted molar refractivity (Wildman–Crippen MR) is 131 cm³/mol. The number of hydrogen-bond donors (Lipinski definition) is 0. The lowest BCUT2D eigenvalue weighted by Gasteiger charge is -2.38. The highest BCUT2D eigenvalue weighted by atomic mass is 79.9. The summed E-state index contributed by atoms with van der Waals surface area (Å²) in [6.45, 7) is 0. The Morgan fingerprint density at radius 3 is 1.53 bits per heavy atom. The summed E-state index contributed by atoms with van der Waals surface area (Å²) in [6.07, 6.45) is 7.20. The maximum Gasteiger partial charge on any atom is 0.0340 e. The van der Waals surface area contributed by atoms with Crippen molar-refractivity contribution >= 4 is 31.9 Å². The Morgan fingerprint density at radius 1 is 0.533 bits per heavy atom. The minimum Gasteiger partial charge on any atom is -0.0582 e. The van der Waals surface area contributed by atoms with Crippen LogP contribution in [0.5, 0.6) is 0 Å². The van der Waals surface area contributed by atoms with Crippen LogP contribution in [0.4, 0.5) is 0 Å². The second-order valence-electron chi connectivity index (χ2n) is 9.73. The molecule has 2 fully saturated rings. The molecule has 2 heteroatoms. The van der Waals surface area contributed by atoms with Crippen molar-refractivity contribution in [1.29, 1.82) is 0 Å². The van der Waals surface area contributed by atoms with Crippen molar-refractivity contribution in [2.24, 2.45) is 11.8 Å². The Labute approximate surface area is 196 Å². The molecular formula is C28H26Br2. The predicted octanol–water partition coefficient (Wildman–Crippen LogP) is 8.78. The number of benzene rings is 3. The minimum atomic E-state index is 0.272. The molecule has 0 aliphatic heterocycles. The molecule has 2 unspecified atom stereocenters. The molecule has 30 heavy (non-hydrogen) atoms. The largest absolute Gasteiger partial charge is 0.0582 e. The molecule has 0 saturated heterocycles. The second-order valence-corrected chi connectivity index (χ2v) is 11.6. The fraction of sp³-hybridized carbons (Fsp3) is 0.357. The van der Waals surface area contributed by atoms with Gasteiger partial charge in [0.25, 0.3) is 0 Å². The molecule has 0 heterocycles. The number of halogens is 2. The molecule has 0 spiro atoms. The Balaban J connectivity index is 1.48. The van der Waals surface area contributed by atoms with Gasteiger partial charge in [0, 0.05) is 14.9 Å². The molecule has 0 nitrogen and oxygen atoms in total. The molecule has 0 N–H and O–H groups in total. The van der Waals surface area contributed by atoms with Crippen LogP contribution < -0.4 is 0 Å². The lowest BCUT2D eigenvalue weighted by Crippen LogP contribution is -2.25. The maximum absolute atomic E-state index is 3.61. The van der Waals surface area contributed by atoms with Gasteiger partial charge in [0.05, 0.1) is 0 Å². The molecule has 4 bridgehead atoms. The van der Waals surface area contributed by atoms with E-state index in [1.165, 1.54) is 48.8 Å². The van der Waals surface area contributed by atoms with Gasteiger partial charge >= 0.3 is 0 Å². The van der Waals surface area contributed by atoms with Crippen molar-refractivity contribution in [3.8, 4) is 0 Å². The third-order valence-electron chi connectivity index (χ3n) is 7.87. The van der Waals surface area contributed by atoms with Crippen molar-refractivity contribution in [2.75, 3.05) is 0 Å². The van der Waals surface area contributed by atoms with Gasteiger partial charge in [0.2, 0.25) is 0 Å². The van der Waals surface area contributed by atoms with Crippen LogP contribution in [0.3, 0.4) is 0 Å². The van der Waals surface area contributed by atoms with Crippen LogP contribution in [0.15, 0.2) is 75.7 Å². The van der Waals surface area contributed by atoms with Crippen LogP contribution in [-0.4, -0.2) is 0 Å². The highest BCUT2D eigenvalue weighted by Crippen LogP contribution is 2.56. The van der Waals surface area contributed by atoms with E-state index in [1.54, 1.807) is 11.1 Å². The van der Waals surface area contributed by atoms with Gasteiger partial charge in [-0.2, -0.15) is 0 Å². The summed E-state index contributed by atoms with van der Waals surface area (Å²) in [5.74, 6) is 3.80. The van der Waals surface area contributed by atoms with Crippen LogP contribution in [0.1, 0.15) is 77.7 Å². The summed E-state index contributed by atoms with van der Waals surface area (Å²) in [6, 6.07) is 25.3. The van der Waals surface area contributed by atoms with Gasteiger partial charge < -0.3 is 0 Å². The van der Waals surface area contributed by atoms with E-state index in [0.717, 1.165) is 32.6 Å².